The van der Waals surface area contributed by atoms with Crippen LogP contribution < -0.4 is 10.3 Å². The molecule has 0 amide bonds. The molecule has 1 saturated carbocycles. The Kier molecular flexibility index (Phi) is 6.37. The molecule has 1 atom stereocenters. The Bertz CT molecular complexity index is 1580. The van der Waals surface area contributed by atoms with Crippen LogP contribution in [0.25, 0.3) is 21.7 Å². The predicted molar refractivity (Wildman–Crippen MR) is 134 cm³/mol. The molecule has 2 aromatic carbocycles. The number of hydrogen-bond acceptors (Lipinski definition) is 7. The van der Waals surface area contributed by atoms with Crippen molar-refractivity contribution in [2.45, 2.75) is 39.3 Å². The third-order valence-corrected chi connectivity index (χ3v) is 6.51. The molecule has 0 N–H and O–H groups in total. The van der Waals surface area contributed by atoms with Crippen molar-refractivity contribution in [3.8, 4) is 11.8 Å². The number of rotatable bonds is 8. The zero-order chi connectivity index (χ0) is 25.4. The Morgan fingerprint density at radius 2 is 2.06 bits per heavy atom. The summed E-state index contributed by atoms with van der Waals surface area (Å²) in [7, 11) is 0. The first-order chi connectivity index (χ1) is 17.4. The lowest BCUT2D eigenvalue weighted by molar-refractivity contribution is -0.147. The minimum atomic E-state index is -0.919. The van der Waals surface area contributed by atoms with Gasteiger partial charge in [0.25, 0.3) is 5.56 Å². The van der Waals surface area contributed by atoms with Crippen molar-refractivity contribution in [1.82, 2.24) is 19.6 Å². The van der Waals surface area contributed by atoms with Crippen molar-refractivity contribution < 1.29 is 14.3 Å². The lowest BCUT2D eigenvalue weighted by Gasteiger charge is -2.16. The van der Waals surface area contributed by atoms with Crippen molar-refractivity contribution in [2.75, 3.05) is 13.2 Å². The van der Waals surface area contributed by atoms with Gasteiger partial charge in [0, 0.05) is 17.0 Å². The minimum absolute atomic E-state index is 0.193. The summed E-state index contributed by atoms with van der Waals surface area (Å²) in [5.74, 6) is 0.670. The molecule has 1 unspecified atom stereocenters. The van der Waals surface area contributed by atoms with Gasteiger partial charge in [0.05, 0.1) is 53.0 Å². The molecule has 0 aliphatic heterocycles. The number of halogens is 1. The van der Waals surface area contributed by atoms with Crippen LogP contribution in [-0.2, 0) is 16.1 Å². The maximum Gasteiger partial charge on any atom is 0.330 e. The predicted octanol–water partition coefficient (Wildman–Crippen LogP) is 4.23. The van der Waals surface area contributed by atoms with Crippen molar-refractivity contribution in [3.05, 3.63) is 63.2 Å². The van der Waals surface area contributed by atoms with Gasteiger partial charge in [-0.3, -0.25) is 9.48 Å². The quantitative estimate of drug-likeness (QED) is 0.329. The summed E-state index contributed by atoms with van der Waals surface area (Å²) in [6.07, 6.45) is 4.22. The van der Waals surface area contributed by atoms with E-state index in [-0.39, 0.29) is 13.2 Å². The van der Waals surface area contributed by atoms with Crippen molar-refractivity contribution in [1.29, 1.82) is 5.26 Å². The van der Waals surface area contributed by atoms with E-state index >= 15 is 0 Å². The second-order valence-electron chi connectivity index (χ2n) is 8.92. The Hall–Kier alpha value is -3.90. The molecule has 10 heteroatoms. The van der Waals surface area contributed by atoms with Crippen LogP contribution in [0.2, 0.25) is 5.02 Å². The lowest BCUT2D eigenvalue weighted by atomic mass is 10.1. The largest absolute Gasteiger partial charge is 0.492 e. The van der Waals surface area contributed by atoms with Gasteiger partial charge in [-0.25, -0.2) is 9.48 Å². The van der Waals surface area contributed by atoms with E-state index in [4.69, 9.17) is 21.1 Å². The van der Waals surface area contributed by atoms with Gasteiger partial charge in [-0.15, -0.1) is 0 Å². The Morgan fingerprint density at radius 1 is 1.25 bits per heavy atom. The fourth-order valence-corrected chi connectivity index (χ4v) is 4.26. The van der Waals surface area contributed by atoms with Crippen molar-refractivity contribution in [3.63, 3.8) is 0 Å². The van der Waals surface area contributed by atoms with Crippen molar-refractivity contribution in [2.24, 2.45) is 5.92 Å². The first-order valence-corrected chi connectivity index (χ1v) is 12.2. The first kappa shape index (κ1) is 23.8. The zero-order valence-corrected chi connectivity index (χ0v) is 20.7. The van der Waals surface area contributed by atoms with E-state index in [1.54, 1.807) is 42.8 Å². The van der Waals surface area contributed by atoms with E-state index < -0.39 is 17.6 Å². The number of nitrogens with zero attached hydrogens (tertiary/aromatic N) is 5. The fourth-order valence-electron chi connectivity index (χ4n) is 4.05. The van der Waals surface area contributed by atoms with Crippen molar-refractivity contribution >= 4 is 39.2 Å². The standard InChI is InChI=1S/C26H24ClN5O4/c1-3-35-26(34)15(2)32-25(33)19-7-6-17(11-28)8-20(19)23(30-32)13-31-12-18-9-24(36-14-16-4-5-16)21(27)10-22(18)29-31/h6-10,12,15-16H,3-5,13-14H2,1-2H3. The topological polar surface area (TPSA) is 112 Å². The Balaban J connectivity index is 1.56. The molecule has 1 aliphatic rings. The molecule has 0 spiro atoms. The number of fused-ring (bicyclic) bond motifs is 2. The lowest BCUT2D eigenvalue weighted by Crippen LogP contribution is -2.32. The number of aromatic nitrogens is 4. The number of carbonyl (C=O) groups excluding carboxylic acids is 1. The molecular weight excluding hydrogens is 482 g/mol. The summed E-state index contributed by atoms with van der Waals surface area (Å²) in [5.41, 5.74) is 1.14. The highest BCUT2D eigenvalue weighted by atomic mass is 35.5. The van der Waals surface area contributed by atoms with Gasteiger partial charge in [0.1, 0.15) is 5.75 Å². The number of hydrogen-bond donors (Lipinski definition) is 0. The summed E-state index contributed by atoms with van der Waals surface area (Å²) >= 11 is 6.42. The summed E-state index contributed by atoms with van der Waals surface area (Å²) in [5, 5.41) is 20.8. The van der Waals surface area contributed by atoms with Gasteiger partial charge in [-0.2, -0.15) is 15.5 Å². The molecule has 4 aromatic rings. The van der Waals surface area contributed by atoms with E-state index in [1.165, 1.54) is 12.8 Å². The highest BCUT2D eigenvalue weighted by Crippen LogP contribution is 2.34. The monoisotopic (exact) mass is 505 g/mol. The van der Waals surface area contributed by atoms with E-state index in [0.29, 0.717) is 50.8 Å². The molecule has 2 heterocycles. The molecule has 1 aliphatic carbocycles. The third-order valence-electron chi connectivity index (χ3n) is 6.21. The van der Waals surface area contributed by atoms with Crippen LogP contribution in [0.15, 0.2) is 41.3 Å². The average molecular weight is 506 g/mol. The van der Waals surface area contributed by atoms with Crippen LogP contribution in [0, 0.1) is 17.2 Å². The zero-order valence-electron chi connectivity index (χ0n) is 19.9. The highest BCUT2D eigenvalue weighted by Gasteiger charge is 2.23. The van der Waals surface area contributed by atoms with Gasteiger partial charge in [0.15, 0.2) is 6.04 Å². The summed E-state index contributed by atoms with van der Waals surface area (Å²) in [6.45, 7) is 4.31. The van der Waals surface area contributed by atoms with E-state index in [0.717, 1.165) is 10.1 Å². The summed E-state index contributed by atoms with van der Waals surface area (Å²) < 4.78 is 13.8. The van der Waals surface area contributed by atoms with Gasteiger partial charge in [-0.1, -0.05) is 11.6 Å². The molecule has 0 saturated heterocycles. The number of nitriles is 1. The van der Waals surface area contributed by atoms with Crippen LogP contribution in [0.4, 0.5) is 0 Å². The molecule has 0 radical (unpaired) electrons. The van der Waals surface area contributed by atoms with Crippen LogP contribution in [0.3, 0.4) is 0 Å². The molecule has 36 heavy (non-hydrogen) atoms. The van der Waals surface area contributed by atoms with Gasteiger partial charge in [-0.05, 0) is 62.9 Å². The van der Waals surface area contributed by atoms with E-state index in [1.807, 2.05) is 12.3 Å². The molecule has 1 fully saturated rings. The third kappa shape index (κ3) is 4.64. The number of benzene rings is 2. The van der Waals surface area contributed by atoms with E-state index in [2.05, 4.69) is 16.3 Å². The van der Waals surface area contributed by atoms with Gasteiger partial charge < -0.3 is 9.47 Å². The van der Waals surface area contributed by atoms with Crippen LogP contribution >= 0.6 is 11.6 Å². The highest BCUT2D eigenvalue weighted by molar-refractivity contribution is 6.32. The maximum atomic E-state index is 13.2. The summed E-state index contributed by atoms with van der Waals surface area (Å²) in [4.78, 5) is 25.5. The smallest absolute Gasteiger partial charge is 0.330 e. The SMILES string of the molecule is CCOC(=O)C(C)n1nc(Cn2cc3cc(OCC4CC4)c(Cl)cc3n2)c2cc(C#N)ccc2c1=O. The average Bonchev–Trinajstić information content (AvgIpc) is 3.62. The molecule has 0 bridgehead atoms. The Labute approximate surface area is 211 Å². The second-order valence-corrected chi connectivity index (χ2v) is 9.33. The first-order valence-electron chi connectivity index (χ1n) is 11.8. The van der Waals surface area contributed by atoms with E-state index in [9.17, 15) is 14.9 Å². The maximum absolute atomic E-state index is 13.2. The normalized spacial score (nSPS) is 14.1. The minimum Gasteiger partial charge on any atom is -0.492 e. The van der Waals surface area contributed by atoms with Crippen LogP contribution in [0.1, 0.15) is 44.0 Å². The second kappa shape index (κ2) is 9.63. The van der Waals surface area contributed by atoms with Gasteiger partial charge >= 0.3 is 5.97 Å². The Morgan fingerprint density at radius 3 is 2.78 bits per heavy atom. The van der Waals surface area contributed by atoms with Crippen LogP contribution in [0.5, 0.6) is 5.75 Å². The molecule has 5 rings (SSSR count). The molecular formula is C26H24ClN5O4. The fraction of sp³-hybridized carbons (Fsp3) is 0.346. The van der Waals surface area contributed by atoms with Gasteiger partial charge in [0.2, 0.25) is 0 Å². The number of ether oxygens (including phenoxy) is 2. The summed E-state index contributed by atoms with van der Waals surface area (Å²) in [6, 6.07) is 9.59. The molecule has 2 aromatic heterocycles. The van der Waals surface area contributed by atoms with Crippen LogP contribution in [-0.4, -0.2) is 38.7 Å². The molecule has 184 valence electrons. The molecule has 9 nitrogen and oxygen atoms in total. The number of esters is 1. The number of carbonyl (C=O) groups is 1.